The molecule has 1 aliphatic heterocycles. The van der Waals surface area contributed by atoms with Crippen molar-refractivity contribution < 1.29 is 14.3 Å². The lowest BCUT2D eigenvalue weighted by Crippen LogP contribution is -2.30. The molecule has 1 fully saturated rings. The second-order valence-electron chi connectivity index (χ2n) is 3.30. The molecule has 0 aromatic rings. The Morgan fingerprint density at radius 3 is 3.00 bits per heavy atom. The van der Waals surface area contributed by atoms with Crippen LogP contribution in [0.1, 0.15) is 26.2 Å². The summed E-state index contributed by atoms with van der Waals surface area (Å²) < 4.78 is 10.7. The standard InChI is InChI=1S/C10H15ClO3/c1-8(12)14-10-4-2-3-7-13-9(10)5-6-11/h5-6,9-10H,2-4,7H2,1H3/b6-5+/t9-,10+/m0/s1. The largest absolute Gasteiger partial charge is 0.459 e. The van der Waals surface area contributed by atoms with Gasteiger partial charge in [-0.2, -0.15) is 0 Å². The number of esters is 1. The molecule has 1 aliphatic rings. The molecule has 1 rings (SSSR count). The van der Waals surface area contributed by atoms with E-state index in [0.717, 1.165) is 19.3 Å². The molecule has 4 heteroatoms. The summed E-state index contributed by atoms with van der Waals surface area (Å²) in [6.07, 6.45) is 4.20. The first-order valence-corrected chi connectivity index (χ1v) is 5.23. The first-order valence-electron chi connectivity index (χ1n) is 4.79. The van der Waals surface area contributed by atoms with Crippen molar-refractivity contribution in [3.05, 3.63) is 11.6 Å². The highest BCUT2D eigenvalue weighted by molar-refractivity contribution is 6.25. The molecule has 0 radical (unpaired) electrons. The van der Waals surface area contributed by atoms with Crippen LogP contribution in [0.4, 0.5) is 0 Å². The molecule has 0 saturated carbocycles. The number of carbonyl (C=O) groups excluding carboxylic acids is 1. The van der Waals surface area contributed by atoms with Gasteiger partial charge in [0, 0.05) is 19.1 Å². The average molecular weight is 219 g/mol. The zero-order chi connectivity index (χ0) is 10.4. The molecule has 0 amide bonds. The Kier molecular flexibility index (Phi) is 4.98. The summed E-state index contributed by atoms with van der Waals surface area (Å²) >= 11 is 5.49. The van der Waals surface area contributed by atoms with Crippen LogP contribution in [0.15, 0.2) is 11.6 Å². The van der Waals surface area contributed by atoms with Gasteiger partial charge in [0.2, 0.25) is 0 Å². The monoisotopic (exact) mass is 218 g/mol. The van der Waals surface area contributed by atoms with Crippen LogP contribution in [0.2, 0.25) is 0 Å². The molecular weight excluding hydrogens is 204 g/mol. The van der Waals surface area contributed by atoms with E-state index in [1.807, 2.05) is 0 Å². The molecule has 2 atom stereocenters. The van der Waals surface area contributed by atoms with Crippen LogP contribution in [0, 0.1) is 0 Å². The highest BCUT2D eigenvalue weighted by atomic mass is 35.5. The predicted octanol–water partition coefficient (Wildman–Crippen LogP) is 2.24. The van der Waals surface area contributed by atoms with Gasteiger partial charge in [-0.1, -0.05) is 11.6 Å². The molecule has 14 heavy (non-hydrogen) atoms. The quantitative estimate of drug-likeness (QED) is 0.667. The van der Waals surface area contributed by atoms with Gasteiger partial charge in [0.25, 0.3) is 0 Å². The molecule has 80 valence electrons. The van der Waals surface area contributed by atoms with E-state index in [0.29, 0.717) is 6.61 Å². The van der Waals surface area contributed by atoms with Crippen LogP contribution in [0.3, 0.4) is 0 Å². The van der Waals surface area contributed by atoms with E-state index in [1.165, 1.54) is 12.5 Å². The fraction of sp³-hybridized carbons (Fsp3) is 0.700. The summed E-state index contributed by atoms with van der Waals surface area (Å²) in [5.41, 5.74) is 1.41. The Hall–Kier alpha value is -0.540. The van der Waals surface area contributed by atoms with Gasteiger partial charge in [0.05, 0.1) is 0 Å². The maximum Gasteiger partial charge on any atom is 0.303 e. The summed E-state index contributed by atoms with van der Waals surface area (Å²) in [5, 5.41) is 0. The van der Waals surface area contributed by atoms with E-state index in [-0.39, 0.29) is 18.2 Å². The van der Waals surface area contributed by atoms with Crippen LogP contribution < -0.4 is 0 Å². The van der Waals surface area contributed by atoms with Crippen molar-refractivity contribution in [2.45, 2.75) is 38.4 Å². The van der Waals surface area contributed by atoms with Crippen LogP contribution in [0.25, 0.3) is 0 Å². The number of hydrogen-bond donors (Lipinski definition) is 0. The van der Waals surface area contributed by atoms with E-state index < -0.39 is 0 Å². The normalized spacial score (nSPS) is 28.7. The van der Waals surface area contributed by atoms with Gasteiger partial charge in [-0.25, -0.2) is 0 Å². The van der Waals surface area contributed by atoms with Crippen molar-refractivity contribution in [2.75, 3.05) is 6.61 Å². The van der Waals surface area contributed by atoms with Gasteiger partial charge in [-0.05, 0) is 25.3 Å². The Labute approximate surface area is 89.0 Å². The zero-order valence-corrected chi connectivity index (χ0v) is 9.00. The van der Waals surface area contributed by atoms with Gasteiger partial charge in [-0.15, -0.1) is 0 Å². The summed E-state index contributed by atoms with van der Waals surface area (Å²) in [7, 11) is 0. The summed E-state index contributed by atoms with van der Waals surface area (Å²) in [5.74, 6) is -0.270. The van der Waals surface area contributed by atoms with E-state index in [1.54, 1.807) is 6.08 Å². The van der Waals surface area contributed by atoms with Crippen molar-refractivity contribution in [3.63, 3.8) is 0 Å². The first-order chi connectivity index (χ1) is 6.74. The van der Waals surface area contributed by atoms with Gasteiger partial charge >= 0.3 is 5.97 Å². The second kappa shape index (κ2) is 6.04. The second-order valence-corrected chi connectivity index (χ2v) is 3.55. The van der Waals surface area contributed by atoms with Crippen molar-refractivity contribution in [3.8, 4) is 0 Å². The lowest BCUT2D eigenvalue weighted by molar-refractivity contribution is -0.151. The summed E-state index contributed by atoms with van der Waals surface area (Å²) in [6, 6.07) is 0. The minimum atomic E-state index is -0.270. The third-order valence-corrected chi connectivity index (χ3v) is 2.28. The first kappa shape index (κ1) is 11.5. The molecule has 0 aromatic carbocycles. The van der Waals surface area contributed by atoms with Crippen LogP contribution in [0.5, 0.6) is 0 Å². The van der Waals surface area contributed by atoms with Gasteiger partial charge in [-0.3, -0.25) is 4.79 Å². The maximum absolute atomic E-state index is 10.8. The fourth-order valence-electron chi connectivity index (χ4n) is 1.53. The Morgan fingerprint density at radius 2 is 2.36 bits per heavy atom. The Bertz CT molecular complexity index is 215. The van der Waals surface area contributed by atoms with Crippen molar-refractivity contribution in [1.29, 1.82) is 0 Å². The SMILES string of the molecule is CC(=O)O[C@@H]1CCCCO[C@H]1/C=C/Cl. The zero-order valence-electron chi connectivity index (χ0n) is 8.24. The summed E-state index contributed by atoms with van der Waals surface area (Å²) in [6.45, 7) is 2.11. The summed E-state index contributed by atoms with van der Waals surface area (Å²) in [4.78, 5) is 10.8. The highest BCUT2D eigenvalue weighted by Crippen LogP contribution is 2.18. The van der Waals surface area contributed by atoms with Gasteiger partial charge in [0.1, 0.15) is 12.2 Å². The highest BCUT2D eigenvalue weighted by Gasteiger charge is 2.24. The molecule has 1 saturated heterocycles. The topological polar surface area (TPSA) is 35.5 Å². The molecule has 0 aliphatic carbocycles. The maximum atomic E-state index is 10.8. The molecular formula is C10H15ClO3. The predicted molar refractivity (Wildman–Crippen MR) is 54.1 cm³/mol. The number of halogens is 1. The third-order valence-electron chi connectivity index (χ3n) is 2.14. The number of ether oxygens (including phenoxy) is 2. The average Bonchev–Trinajstić information content (AvgIpc) is 2.32. The fourth-order valence-corrected chi connectivity index (χ4v) is 1.67. The van der Waals surface area contributed by atoms with Gasteiger partial charge < -0.3 is 9.47 Å². The minimum absolute atomic E-state index is 0.190. The van der Waals surface area contributed by atoms with Crippen molar-refractivity contribution in [2.24, 2.45) is 0 Å². The van der Waals surface area contributed by atoms with E-state index in [2.05, 4.69) is 0 Å². The molecule has 0 N–H and O–H groups in total. The molecule has 0 bridgehead atoms. The molecule has 0 aromatic heterocycles. The van der Waals surface area contributed by atoms with Gasteiger partial charge in [0.15, 0.2) is 0 Å². The lowest BCUT2D eigenvalue weighted by Gasteiger charge is -2.21. The van der Waals surface area contributed by atoms with E-state index in [9.17, 15) is 4.79 Å². The number of hydrogen-bond acceptors (Lipinski definition) is 3. The van der Waals surface area contributed by atoms with Crippen LogP contribution >= 0.6 is 11.6 Å². The van der Waals surface area contributed by atoms with E-state index in [4.69, 9.17) is 21.1 Å². The third kappa shape index (κ3) is 3.68. The van der Waals surface area contributed by atoms with Crippen molar-refractivity contribution in [1.82, 2.24) is 0 Å². The van der Waals surface area contributed by atoms with Crippen LogP contribution in [-0.2, 0) is 14.3 Å². The lowest BCUT2D eigenvalue weighted by atomic mass is 10.1. The Balaban J connectivity index is 2.58. The minimum Gasteiger partial charge on any atom is -0.459 e. The molecule has 1 heterocycles. The Morgan fingerprint density at radius 1 is 1.57 bits per heavy atom. The number of carbonyl (C=O) groups is 1. The van der Waals surface area contributed by atoms with E-state index >= 15 is 0 Å². The smallest absolute Gasteiger partial charge is 0.303 e. The van der Waals surface area contributed by atoms with Crippen LogP contribution in [-0.4, -0.2) is 24.8 Å². The molecule has 0 unspecified atom stereocenters. The molecule has 0 spiro atoms. The molecule has 3 nitrogen and oxygen atoms in total. The van der Waals surface area contributed by atoms with Crippen molar-refractivity contribution >= 4 is 17.6 Å². The number of rotatable bonds is 2.